The monoisotopic (exact) mass is 221 g/mol. The van der Waals surface area contributed by atoms with E-state index in [4.69, 9.17) is 4.74 Å². The van der Waals surface area contributed by atoms with E-state index in [1.165, 1.54) is 12.8 Å². The predicted octanol–water partition coefficient (Wildman–Crippen LogP) is 2.47. The maximum absolute atomic E-state index is 5.52. The molecule has 2 atom stereocenters. The molecule has 0 bridgehead atoms. The normalized spacial score (nSPS) is 23.2. The summed E-state index contributed by atoms with van der Waals surface area (Å²) in [4.78, 5) is 8.27. The lowest BCUT2D eigenvalue weighted by molar-refractivity contribution is 0.232. The number of hydrogen-bond donors (Lipinski definition) is 1. The van der Waals surface area contributed by atoms with Crippen LogP contribution in [0.5, 0.6) is 5.88 Å². The molecule has 4 heteroatoms. The zero-order chi connectivity index (χ0) is 11.5. The third-order valence-electron chi connectivity index (χ3n) is 2.78. The van der Waals surface area contributed by atoms with Gasteiger partial charge in [0.25, 0.3) is 0 Å². The summed E-state index contributed by atoms with van der Waals surface area (Å²) in [6.45, 7) is 6.20. The van der Waals surface area contributed by atoms with Crippen molar-refractivity contribution in [3.05, 3.63) is 12.4 Å². The Hall–Kier alpha value is -1.32. The molecular weight excluding hydrogens is 202 g/mol. The largest absolute Gasteiger partial charge is 0.475 e. The molecule has 0 aliphatic heterocycles. The van der Waals surface area contributed by atoms with Crippen LogP contribution in [0.25, 0.3) is 0 Å². The van der Waals surface area contributed by atoms with Crippen molar-refractivity contribution in [2.24, 2.45) is 5.92 Å². The van der Waals surface area contributed by atoms with E-state index in [0.29, 0.717) is 11.9 Å². The van der Waals surface area contributed by atoms with Crippen molar-refractivity contribution in [2.45, 2.75) is 45.8 Å². The lowest BCUT2D eigenvalue weighted by Gasteiger charge is -2.10. The molecule has 1 saturated carbocycles. The van der Waals surface area contributed by atoms with Gasteiger partial charge >= 0.3 is 0 Å². The van der Waals surface area contributed by atoms with Crippen LogP contribution in [0, 0.1) is 5.92 Å². The maximum Gasteiger partial charge on any atom is 0.218 e. The van der Waals surface area contributed by atoms with Crippen molar-refractivity contribution in [3.8, 4) is 5.88 Å². The summed E-state index contributed by atoms with van der Waals surface area (Å²) >= 11 is 0. The third-order valence-corrected chi connectivity index (χ3v) is 2.78. The highest BCUT2D eigenvalue weighted by Gasteiger charge is 2.35. The second kappa shape index (κ2) is 4.68. The van der Waals surface area contributed by atoms with Crippen molar-refractivity contribution < 1.29 is 4.74 Å². The molecular formula is C12H19N3O. The first-order valence-corrected chi connectivity index (χ1v) is 5.94. The van der Waals surface area contributed by atoms with Crippen LogP contribution in [-0.2, 0) is 0 Å². The molecule has 0 spiro atoms. The lowest BCUT2D eigenvalue weighted by atomic mass is 10.3. The fourth-order valence-electron chi connectivity index (χ4n) is 1.79. The Bertz CT molecular complexity index is 354. The topological polar surface area (TPSA) is 47.0 Å². The van der Waals surface area contributed by atoms with Gasteiger partial charge in [0.1, 0.15) is 12.1 Å². The summed E-state index contributed by atoms with van der Waals surface area (Å²) < 4.78 is 5.52. The number of anilines is 1. The van der Waals surface area contributed by atoms with Gasteiger partial charge in [0.05, 0.1) is 6.10 Å². The van der Waals surface area contributed by atoms with Gasteiger partial charge in [0, 0.05) is 12.1 Å². The Balaban J connectivity index is 1.94. The summed E-state index contributed by atoms with van der Waals surface area (Å²) in [5.41, 5.74) is 0. The highest BCUT2D eigenvalue weighted by atomic mass is 16.5. The molecule has 1 heterocycles. The van der Waals surface area contributed by atoms with E-state index in [-0.39, 0.29) is 6.10 Å². The van der Waals surface area contributed by atoms with Crippen LogP contribution in [0.4, 0.5) is 5.82 Å². The van der Waals surface area contributed by atoms with Crippen LogP contribution in [0.2, 0.25) is 0 Å². The lowest BCUT2D eigenvalue weighted by Crippen LogP contribution is -2.09. The molecule has 1 N–H and O–H groups in total. The standard InChI is InChI=1S/C12H19N3O/c1-4-9-5-10(9)15-11-6-12(14-7-13-11)16-8(2)3/h6-10H,4-5H2,1-3H3,(H,13,14,15). The Morgan fingerprint density at radius 3 is 2.94 bits per heavy atom. The summed E-state index contributed by atoms with van der Waals surface area (Å²) in [6, 6.07) is 2.46. The molecule has 1 aromatic heterocycles. The zero-order valence-corrected chi connectivity index (χ0v) is 10.1. The molecule has 0 radical (unpaired) electrons. The Morgan fingerprint density at radius 1 is 1.50 bits per heavy atom. The fraction of sp³-hybridized carbons (Fsp3) is 0.667. The molecule has 2 rings (SSSR count). The SMILES string of the molecule is CCC1CC1Nc1cc(OC(C)C)ncn1. The van der Waals surface area contributed by atoms with Crippen molar-refractivity contribution in [3.63, 3.8) is 0 Å². The predicted molar refractivity (Wildman–Crippen MR) is 63.6 cm³/mol. The van der Waals surface area contributed by atoms with E-state index in [1.807, 2.05) is 19.9 Å². The van der Waals surface area contributed by atoms with Crippen LogP contribution >= 0.6 is 0 Å². The maximum atomic E-state index is 5.52. The molecule has 1 aliphatic rings. The Kier molecular flexibility index (Phi) is 3.27. The van der Waals surface area contributed by atoms with Gasteiger partial charge in [-0.05, 0) is 26.2 Å². The second-order valence-electron chi connectivity index (χ2n) is 4.56. The van der Waals surface area contributed by atoms with Crippen molar-refractivity contribution in [1.82, 2.24) is 9.97 Å². The average Bonchev–Trinajstić information content (AvgIpc) is 2.96. The Morgan fingerprint density at radius 2 is 2.31 bits per heavy atom. The minimum atomic E-state index is 0.145. The molecule has 0 saturated heterocycles. The summed E-state index contributed by atoms with van der Waals surface area (Å²) in [6.07, 6.45) is 4.18. The molecule has 1 aromatic rings. The van der Waals surface area contributed by atoms with E-state index < -0.39 is 0 Å². The summed E-state index contributed by atoms with van der Waals surface area (Å²) in [5, 5.41) is 3.40. The smallest absolute Gasteiger partial charge is 0.218 e. The van der Waals surface area contributed by atoms with Crippen LogP contribution in [0.15, 0.2) is 12.4 Å². The van der Waals surface area contributed by atoms with Gasteiger partial charge in [-0.3, -0.25) is 0 Å². The van der Waals surface area contributed by atoms with E-state index in [1.54, 1.807) is 6.33 Å². The molecule has 1 fully saturated rings. The first-order chi connectivity index (χ1) is 7.69. The van der Waals surface area contributed by atoms with Crippen molar-refractivity contribution >= 4 is 5.82 Å². The van der Waals surface area contributed by atoms with Crippen LogP contribution in [0.3, 0.4) is 0 Å². The van der Waals surface area contributed by atoms with Gasteiger partial charge in [-0.15, -0.1) is 0 Å². The first kappa shape index (κ1) is 11.2. The zero-order valence-electron chi connectivity index (χ0n) is 10.1. The van der Waals surface area contributed by atoms with E-state index in [2.05, 4.69) is 22.2 Å². The number of ether oxygens (including phenoxy) is 1. The minimum Gasteiger partial charge on any atom is -0.475 e. The van der Waals surface area contributed by atoms with Crippen LogP contribution in [0.1, 0.15) is 33.6 Å². The molecule has 0 aromatic carbocycles. The number of nitrogens with zero attached hydrogens (tertiary/aromatic N) is 2. The highest BCUT2D eigenvalue weighted by molar-refractivity contribution is 5.40. The van der Waals surface area contributed by atoms with Gasteiger partial charge in [-0.25, -0.2) is 9.97 Å². The summed E-state index contributed by atoms with van der Waals surface area (Å²) in [7, 11) is 0. The van der Waals surface area contributed by atoms with Crippen LogP contribution < -0.4 is 10.1 Å². The fourth-order valence-corrected chi connectivity index (χ4v) is 1.79. The van der Waals surface area contributed by atoms with Crippen LogP contribution in [-0.4, -0.2) is 22.1 Å². The number of hydrogen-bond acceptors (Lipinski definition) is 4. The molecule has 0 amide bonds. The van der Waals surface area contributed by atoms with Crippen molar-refractivity contribution in [2.75, 3.05) is 5.32 Å². The third kappa shape index (κ3) is 2.84. The van der Waals surface area contributed by atoms with Gasteiger partial charge in [-0.1, -0.05) is 13.3 Å². The number of aromatic nitrogens is 2. The molecule has 16 heavy (non-hydrogen) atoms. The van der Waals surface area contributed by atoms with Gasteiger partial charge in [0.2, 0.25) is 5.88 Å². The molecule has 4 nitrogen and oxygen atoms in total. The van der Waals surface area contributed by atoms with E-state index in [0.717, 1.165) is 11.7 Å². The molecule has 88 valence electrons. The van der Waals surface area contributed by atoms with Gasteiger partial charge < -0.3 is 10.1 Å². The summed E-state index contributed by atoms with van der Waals surface area (Å²) in [5.74, 6) is 2.32. The molecule has 1 aliphatic carbocycles. The average molecular weight is 221 g/mol. The first-order valence-electron chi connectivity index (χ1n) is 5.94. The minimum absolute atomic E-state index is 0.145. The van der Waals surface area contributed by atoms with Crippen molar-refractivity contribution in [1.29, 1.82) is 0 Å². The van der Waals surface area contributed by atoms with Gasteiger partial charge in [-0.2, -0.15) is 0 Å². The Labute approximate surface area is 96.4 Å². The second-order valence-corrected chi connectivity index (χ2v) is 4.56. The quantitative estimate of drug-likeness (QED) is 0.829. The van der Waals surface area contributed by atoms with E-state index >= 15 is 0 Å². The highest BCUT2D eigenvalue weighted by Crippen LogP contribution is 2.35. The number of rotatable bonds is 5. The molecule has 2 unspecified atom stereocenters. The van der Waals surface area contributed by atoms with Gasteiger partial charge in [0.15, 0.2) is 0 Å². The van der Waals surface area contributed by atoms with E-state index in [9.17, 15) is 0 Å². The number of nitrogens with one attached hydrogen (secondary N) is 1.